The molecule has 1 aromatic carbocycles. The molecule has 1 aliphatic rings. The van der Waals surface area contributed by atoms with Crippen molar-refractivity contribution < 1.29 is 19.4 Å². The molecule has 0 aliphatic carbocycles. The molecular weight excluding hydrogens is 258 g/mol. The van der Waals surface area contributed by atoms with Crippen LogP contribution in [-0.2, 0) is 20.7 Å². The number of carboxylic acid groups (broad SMARTS) is 1. The smallest absolute Gasteiger partial charge is 0.307 e. The predicted molar refractivity (Wildman–Crippen MR) is 74.5 cm³/mol. The summed E-state index contributed by atoms with van der Waals surface area (Å²) in [6.45, 7) is 2.57. The Morgan fingerprint density at radius 2 is 2.25 bits per heavy atom. The molecule has 0 aromatic heterocycles. The van der Waals surface area contributed by atoms with E-state index in [1.54, 1.807) is 24.3 Å². The van der Waals surface area contributed by atoms with Crippen LogP contribution in [0.3, 0.4) is 0 Å². The van der Waals surface area contributed by atoms with Crippen molar-refractivity contribution in [3.63, 3.8) is 0 Å². The van der Waals surface area contributed by atoms with Gasteiger partial charge in [0.15, 0.2) is 0 Å². The zero-order chi connectivity index (χ0) is 14.5. The zero-order valence-electron chi connectivity index (χ0n) is 11.5. The van der Waals surface area contributed by atoms with Gasteiger partial charge in [-0.25, -0.2) is 0 Å². The van der Waals surface area contributed by atoms with Crippen molar-refractivity contribution in [3.8, 4) is 0 Å². The molecule has 108 valence electrons. The first-order valence-corrected chi connectivity index (χ1v) is 6.78. The summed E-state index contributed by atoms with van der Waals surface area (Å²) >= 11 is 0. The molecule has 5 nitrogen and oxygen atoms in total. The summed E-state index contributed by atoms with van der Waals surface area (Å²) in [5, 5.41) is 11.6. The van der Waals surface area contributed by atoms with Crippen LogP contribution in [0.1, 0.15) is 25.3 Å². The fourth-order valence-electron chi connectivity index (χ4n) is 2.41. The van der Waals surface area contributed by atoms with Crippen molar-refractivity contribution in [2.24, 2.45) is 5.92 Å². The van der Waals surface area contributed by atoms with E-state index in [4.69, 9.17) is 9.84 Å². The summed E-state index contributed by atoms with van der Waals surface area (Å²) in [6.07, 6.45) is 1.52. The number of carbonyl (C=O) groups is 2. The maximum absolute atomic E-state index is 12.2. The molecule has 5 heteroatoms. The van der Waals surface area contributed by atoms with E-state index in [1.807, 2.05) is 6.92 Å². The van der Waals surface area contributed by atoms with Gasteiger partial charge in [0.1, 0.15) is 0 Å². The van der Waals surface area contributed by atoms with E-state index in [2.05, 4.69) is 5.32 Å². The standard InChI is InChI=1S/C15H19NO4/c1-10-7-12(5-6-20-10)15(19)16-13-4-2-3-11(8-13)9-14(17)18/h2-4,8,10,12H,5-7,9H2,1H3,(H,16,19)(H,17,18). The molecule has 20 heavy (non-hydrogen) atoms. The number of carboxylic acids is 1. The van der Waals surface area contributed by atoms with E-state index in [-0.39, 0.29) is 24.3 Å². The fraction of sp³-hybridized carbons (Fsp3) is 0.467. The lowest BCUT2D eigenvalue weighted by Gasteiger charge is -2.26. The highest BCUT2D eigenvalue weighted by Gasteiger charge is 2.25. The molecule has 2 N–H and O–H groups in total. The summed E-state index contributed by atoms with van der Waals surface area (Å²) < 4.78 is 5.43. The minimum Gasteiger partial charge on any atom is -0.481 e. The molecule has 0 saturated carbocycles. The third kappa shape index (κ3) is 4.06. The number of aliphatic carboxylic acids is 1. The number of carbonyl (C=O) groups excluding carboxylic acids is 1. The number of rotatable bonds is 4. The lowest BCUT2D eigenvalue weighted by molar-refractivity contribution is -0.136. The number of nitrogens with one attached hydrogen (secondary N) is 1. The van der Waals surface area contributed by atoms with Gasteiger partial charge in [-0.05, 0) is 37.5 Å². The van der Waals surface area contributed by atoms with E-state index < -0.39 is 5.97 Å². The summed E-state index contributed by atoms with van der Waals surface area (Å²) in [5.74, 6) is -0.943. The van der Waals surface area contributed by atoms with Gasteiger partial charge in [0.05, 0.1) is 12.5 Å². The van der Waals surface area contributed by atoms with Crippen LogP contribution in [0.4, 0.5) is 5.69 Å². The summed E-state index contributed by atoms with van der Waals surface area (Å²) in [4.78, 5) is 22.8. The Bertz CT molecular complexity index is 500. The Morgan fingerprint density at radius 1 is 1.45 bits per heavy atom. The Hall–Kier alpha value is -1.88. The van der Waals surface area contributed by atoms with Crippen LogP contribution in [-0.4, -0.2) is 29.7 Å². The van der Waals surface area contributed by atoms with Crippen LogP contribution in [0.25, 0.3) is 0 Å². The number of anilines is 1. The van der Waals surface area contributed by atoms with Gasteiger partial charge in [-0.2, -0.15) is 0 Å². The van der Waals surface area contributed by atoms with Crippen LogP contribution in [0.15, 0.2) is 24.3 Å². The maximum atomic E-state index is 12.2. The molecule has 0 radical (unpaired) electrons. The van der Waals surface area contributed by atoms with Crippen LogP contribution >= 0.6 is 0 Å². The predicted octanol–water partition coefficient (Wildman–Crippen LogP) is 2.07. The maximum Gasteiger partial charge on any atom is 0.307 e. The summed E-state index contributed by atoms with van der Waals surface area (Å²) in [7, 11) is 0. The Balaban J connectivity index is 1.98. The first kappa shape index (κ1) is 14.5. The minimum atomic E-state index is -0.883. The van der Waals surface area contributed by atoms with Gasteiger partial charge in [-0.15, -0.1) is 0 Å². The molecule has 1 amide bonds. The quantitative estimate of drug-likeness (QED) is 0.883. The molecule has 2 unspecified atom stereocenters. The average molecular weight is 277 g/mol. The van der Waals surface area contributed by atoms with E-state index in [0.29, 0.717) is 17.9 Å². The topological polar surface area (TPSA) is 75.6 Å². The molecule has 1 aliphatic heterocycles. The van der Waals surface area contributed by atoms with Crippen LogP contribution in [0.2, 0.25) is 0 Å². The molecule has 2 atom stereocenters. The molecule has 2 rings (SSSR count). The second-order valence-electron chi connectivity index (χ2n) is 5.16. The third-order valence-electron chi connectivity index (χ3n) is 3.41. The Labute approximate surface area is 117 Å². The Kier molecular flexibility index (Phi) is 4.74. The van der Waals surface area contributed by atoms with Crippen LogP contribution in [0.5, 0.6) is 0 Å². The molecule has 0 bridgehead atoms. The molecule has 1 saturated heterocycles. The highest BCUT2D eigenvalue weighted by Crippen LogP contribution is 2.22. The fourth-order valence-corrected chi connectivity index (χ4v) is 2.41. The van der Waals surface area contributed by atoms with Crippen molar-refractivity contribution in [1.82, 2.24) is 0 Å². The van der Waals surface area contributed by atoms with E-state index in [9.17, 15) is 9.59 Å². The van der Waals surface area contributed by atoms with Crippen LogP contribution < -0.4 is 5.32 Å². The van der Waals surface area contributed by atoms with Gasteiger partial charge in [-0.1, -0.05) is 12.1 Å². The molecule has 1 aromatic rings. The molecule has 1 fully saturated rings. The highest BCUT2D eigenvalue weighted by atomic mass is 16.5. The second-order valence-corrected chi connectivity index (χ2v) is 5.16. The first-order valence-electron chi connectivity index (χ1n) is 6.78. The van der Waals surface area contributed by atoms with Gasteiger partial charge < -0.3 is 15.2 Å². The number of benzene rings is 1. The first-order chi connectivity index (χ1) is 9.54. The van der Waals surface area contributed by atoms with E-state index in [1.165, 1.54) is 0 Å². The zero-order valence-corrected chi connectivity index (χ0v) is 11.5. The number of hydrogen-bond acceptors (Lipinski definition) is 3. The summed E-state index contributed by atoms with van der Waals surface area (Å²) in [5.41, 5.74) is 1.32. The third-order valence-corrected chi connectivity index (χ3v) is 3.41. The van der Waals surface area contributed by atoms with Crippen molar-refractivity contribution in [2.45, 2.75) is 32.3 Å². The van der Waals surface area contributed by atoms with E-state index in [0.717, 1.165) is 12.8 Å². The van der Waals surface area contributed by atoms with Crippen molar-refractivity contribution in [3.05, 3.63) is 29.8 Å². The highest BCUT2D eigenvalue weighted by molar-refractivity contribution is 5.92. The molecule has 0 spiro atoms. The Morgan fingerprint density at radius 3 is 2.95 bits per heavy atom. The van der Waals surface area contributed by atoms with Gasteiger partial charge in [0.25, 0.3) is 0 Å². The van der Waals surface area contributed by atoms with Gasteiger partial charge in [0, 0.05) is 18.2 Å². The summed E-state index contributed by atoms with van der Waals surface area (Å²) in [6, 6.07) is 6.96. The number of hydrogen-bond donors (Lipinski definition) is 2. The lowest BCUT2D eigenvalue weighted by atomic mass is 9.95. The van der Waals surface area contributed by atoms with Crippen molar-refractivity contribution >= 4 is 17.6 Å². The lowest BCUT2D eigenvalue weighted by Crippen LogP contribution is -2.32. The van der Waals surface area contributed by atoms with E-state index >= 15 is 0 Å². The van der Waals surface area contributed by atoms with Crippen molar-refractivity contribution in [1.29, 1.82) is 0 Å². The monoisotopic (exact) mass is 277 g/mol. The second kappa shape index (κ2) is 6.52. The largest absolute Gasteiger partial charge is 0.481 e. The van der Waals surface area contributed by atoms with Gasteiger partial charge >= 0.3 is 5.97 Å². The molecular formula is C15H19NO4. The number of ether oxygens (including phenoxy) is 1. The van der Waals surface area contributed by atoms with Crippen molar-refractivity contribution in [2.75, 3.05) is 11.9 Å². The van der Waals surface area contributed by atoms with Gasteiger partial charge in [0.2, 0.25) is 5.91 Å². The van der Waals surface area contributed by atoms with Gasteiger partial charge in [-0.3, -0.25) is 9.59 Å². The minimum absolute atomic E-state index is 0.0207. The van der Waals surface area contributed by atoms with Crippen LogP contribution in [0, 0.1) is 5.92 Å². The SMILES string of the molecule is CC1CC(C(=O)Nc2cccc(CC(=O)O)c2)CCO1. The normalized spacial score (nSPS) is 22.2. The molecule has 1 heterocycles. The number of amides is 1. The average Bonchev–Trinajstić information content (AvgIpc) is 2.38.